The lowest BCUT2D eigenvalue weighted by Crippen LogP contribution is -2.48. The van der Waals surface area contributed by atoms with Gasteiger partial charge in [-0.1, -0.05) is 126 Å². The van der Waals surface area contributed by atoms with Crippen molar-refractivity contribution in [3.8, 4) is 0 Å². The summed E-state index contributed by atoms with van der Waals surface area (Å²) in [5.41, 5.74) is 0. The molecule has 1 amide bonds. The molecule has 4 N–H and O–H groups in total. The fraction of sp³-hybridized carbons (Fsp3) is 0.686. The Labute approximate surface area is 246 Å². The first kappa shape index (κ1) is 38.0. The van der Waals surface area contributed by atoms with E-state index in [2.05, 4.69) is 55.6 Å². The third kappa shape index (κ3) is 25.0. The molecule has 0 saturated heterocycles. The second-order valence-electron chi connectivity index (χ2n) is 10.6. The van der Waals surface area contributed by atoms with E-state index in [1.807, 2.05) is 12.2 Å². The van der Waals surface area contributed by atoms with Crippen LogP contribution in [0.25, 0.3) is 0 Å². The normalized spacial score (nSPS) is 14.8. The van der Waals surface area contributed by atoms with Gasteiger partial charge in [-0.3, -0.25) is 4.79 Å². The quantitative estimate of drug-likeness (QED) is 0.0606. The summed E-state index contributed by atoms with van der Waals surface area (Å²) in [6.07, 6.45) is 38.1. The zero-order valence-corrected chi connectivity index (χ0v) is 25.7. The minimum atomic E-state index is -1.21. The number of nitrogens with one attached hydrogen (secondary N) is 1. The first-order valence-corrected chi connectivity index (χ1v) is 16.1. The molecule has 0 fully saturated rings. The SMILES string of the molecule is CCCCCC/C=C/CC/C=C/CC/C=C/C(O)C(CO)NC(=O)C(O)C/C=C\C/C=C\CCCCCCCC. The summed E-state index contributed by atoms with van der Waals surface area (Å²) in [6, 6.07) is -0.850. The first-order chi connectivity index (χ1) is 19.6. The van der Waals surface area contributed by atoms with E-state index in [4.69, 9.17) is 0 Å². The Balaban J connectivity index is 4.03. The van der Waals surface area contributed by atoms with Crippen LogP contribution in [0.4, 0.5) is 0 Å². The number of carbonyl (C=O) groups is 1. The minimum absolute atomic E-state index is 0.197. The van der Waals surface area contributed by atoms with Gasteiger partial charge in [0.2, 0.25) is 5.91 Å². The van der Waals surface area contributed by atoms with Crippen molar-refractivity contribution >= 4 is 5.91 Å². The van der Waals surface area contributed by atoms with Crippen molar-refractivity contribution in [2.45, 2.75) is 148 Å². The van der Waals surface area contributed by atoms with Gasteiger partial charge in [-0.2, -0.15) is 0 Å². The fourth-order valence-electron chi connectivity index (χ4n) is 4.20. The standard InChI is InChI=1S/C35H61NO4/c1-3-5-7-9-11-13-15-17-18-20-21-23-25-27-29-33(38)32(31-37)36-35(40)34(39)30-28-26-24-22-19-16-14-12-10-8-6-4-2/h13,15,19-22,26-29,32-34,37-39H,3-12,14,16-18,23-25,30-31H2,1-2H3,(H,36,40)/b15-13+,21-20+,22-19-,28-26-,29-27+. The summed E-state index contributed by atoms with van der Waals surface area (Å²) in [7, 11) is 0. The molecule has 3 unspecified atom stereocenters. The molecule has 0 aromatic rings. The smallest absolute Gasteiger partial charge is 0.249 e. The molecule has 0 aromatic heterocycles. The number of hydrogen-bond acceptors (Lipinski definition) is 4. The van der Waals surface area contributed by atoms with Gasteiger partial charge in [-0.25, -0.2) is 0 Å². The molecule has 5 heteroatoms. The van der Waals surface area contributed by atoms with Crippen LogP contribution in [0.2, 0.25) is 0 Å². The van der Waals surface area contributed by atoms with Crippen molar-refractivity contribution in [2.24, 2.45) is 0 Å². The molecule has 0 aliphatic heterocycles. The van der Waals surface area contributed by atoms with E-state index in [1.165, 1.54) is 70.6 Å². The lowest BCUT2D eigenvalue weighted by molar-refractivity contribution is -0.131. The van der Waals surface area contributed by atoms with Crippen LogP contribution in [-0.4, -0.2) is 46.1 Å². The summed E-state index contributed by atoms with van der Waals surface area (Å²) in [5, 5.41) is 32.6. The Kier molecular flexibility index (Phi) is 28.6. The summed E-state index contributed by atoms with van der Waals surface area (Å²) in [5.74, 6) is -0.590. The molecule has 5 nitrogen and oxygen atoms in total. The number of unbranched alkanes of at least 4 members (excludes halogenated alkanes) is 12. The highest BCUT2D eigenvalue weighted by atomic mass is 16.3. The maximum atomic E-state index is 12.3. The average molecular weight is 560 g/mol. The van der Waals surface area contributed by atoms with Crippen molar-refractivity contribution in [1.29, 1.82) is 0 Å². The Hall–Kier alpha value is -1.95. The lowest BCUT2D eigenvalue weighted by Gasteiger charge is -2.21. The van der Waals surface area contributed by atoms with Gasteiger partial charge in [0.15, 0.2) is 0 Å². The van der Waals surface area contributed by atoms with Crippen molar-refractivity contribution in [3.63, 3.8) is 0 Å². The third-order valence-electron chi connectivity index (χ3n) is 6.82. The Bertz CT molecular complexity index is 710. The second-order valence-corrected chi connectivity index (χ2v) is 10.6. The van der Waals surface area contributed by atoms with Gasteiger partial charge < -0.3 is 20.6 Å². The van der Waals surface area contributed by atoms with Gasteiger partial charge in [-0.05, 0) is 57.8 Å². The van der Waals surface area contributed by atoms with Crippen LogP contribution in [-0.2, 0) is 4.79 Å². The summed E-state index contributed by atoms with van der Waals surface area (Å²) >= 11 is 0. The Morgan fingerprint density at radius 3 is 1.70 bits per heavy atom. The second kappa shape index (κ2) is 30.0. The van der Waals surface area contributed by atoms with Gasteiger partial charge in [-0.15, -0.1) is 0 Å². The molecule has 0 heterocycles. The van der Waals surface area contributed by atoms with Crippen molar-refractivity contribution in [3.05, 3.63) is 60.8 Å². The molecular formula is C35H61NO4. The maximum absolute atomic E-state index is 12.3. The monoisotopic (exact) mass is 559 g/mol. The number of aliphatic hydroxyl groups is 3. The lowest BCUT2D eigenvalue weighted by atomic mass is 10.1. The van der Waals surface area contributed by atoms with E-state index < -0.39 is 30.8 Å². The molecule has 0 radical (unpaired) electrons. The fourth-order valence-corrected chi connectivity index (χ4v) is 4.20. The molecule has 0 rings (SSSR count). The number of allylic oxidation sites excluding steroid dienone is 8. The number of amides is 1. The molecular weight excluding hydrogens is 498 g/mol. The van der Waals surface area contributed by atoms with Gasteiger partial charge in [0.1, 0.15) is 6.10 Å². The predicted molar refractivity (Wildman–Crippen MR) is 171 cm³/mol. The molecule has 0 saturated carbocycles. The highest BCUT2D eigenvalue weighted by Crippen LogP contribution is 2.08. The minimum Gasteiger partial charge on any atom is -0.394 e. The zero-order valence-electron chi connectivity index (χ0n) is 25.7. The third-order valence-corrected chi connectivity index (χ3v) is 6.82. The van der Waals surface area contributed by atoms with Crippen LogP contribution in [0.3, 0.4) is 0 Å². The number of hydrogen-bond donors (Lipinski definition) is 4. The van der Waals surface area contributed by atoms with Crippen molar-refractivity contribution in [1.82, 2.24) is 5.32 Å². The van der Waals surface area contributed by atoms with E-state index in [0.717, 1.165) is 38.5 Å². The van der Waals surface area contributed by atoms with E-state index >= 15 is 0 Å². The molecule has 230 valence electrons. The topological polar surface area (TPSA) is 89.8 Å². The van der Waals surface area contributed by atoms with E-state index in [0.29, 0.717) is 0 Å². The molecule has 0 aromatic carbocycles. The van der Waals surface area contributed by atoms with Crippen LogP contribution < -0.4 is 5.32 Å². The number of rotatable bonds is 27. The van der Waals surface area contributed by atoms with Gasteiger partial charge in [0, 0.05) is 6.42 Å². The molecule has 3 atom stereocenters. The molecule has 0 bridgehead atoms. The largest absolute Gasteiger partial charge is 0.394 e. The van der Waals surface area contributed by atoms with Crippen LogP contribution >= 0.6 is 0 Å². The van der Waals surface area contributed by atoms with Crippen LogP contribution in [0.15, 0.2) is 60.8 Å². The Morgan fingerprint density at radius 2 is 1.10 bits per heavy atom. The number of aliphatic hydroxyl groups excluding tert-OH is 3. The molecule has 0 aliphatic carbocycles. The Morgan fingerprint density at radius 1 is 0.625 bits per heavy atom. The van der Waals surface area contributed by atoms with Crippen LogP contribution in [0, 0.1) is 0 Å². The van der Waals surface area contributed by atoms with Crippen molar-refractivity contribution < 1.29 is 20.1 Å². The van der Waals surface area contributed by atoms with Gasteiger partial charge in [0.05, 0.1) is 18.8 Å². The zero-order chi connectivity index (χ0) is 29.5. The van der Waals surface area contributed by atoms with Crippen molar-refractivity contribution in [2.75, 3.05) is 6.61 Å². The molecule has 0 aliphatic rings. The van der Waals surface area contributed by atoms with E-state index in [-0.39, 0.29) is 6.42 Å². The maximum Gasteiger partial charge on any atom is 0.249 e. The predicted octanol–water partition coefficient (Wildman–Crippen LogP) is 8.03. The molecule has 40 heavy (non-hydrogen) atoms. The average Bonchev–Trinajstić information content (AvgIpc) is 2.96. The van der Waals surface area contributed by atoms with Gasteiger partial charge >= 0.3 is 0 Å². The van der Waals surface area contributed by atoms with E-state index in [1.54, 1.807) is 12.2 Å². The summed E-state index contributed by atoms with van der Waals surface area (Å²) < 4.78 is 0. The number of carbonyl (C=O) groups excluding carboxylic acids is 1. The first-order valence-electron chi connectivity index (χ1n) is 16.1. The van der Waals surface area contributed by atoms with Crippen LogP contribution in [0.1, 0.15) is 129 Å². The summed E-state index contributed by atoms with van der Waals surface area (Å²) in [4.78, 5) is 12.3. The van der Waals surface area contributed by atoms with E-state index in [9.17, 15) is 20.1 Å². The van der Waals surface area contributed by atoms with Gasteiger partial charge in [0.25, 0.3) is 0 Å². The highest BCUT2D eigenvalue weighted by Gasteiger charge is 2.22. The highest BCUT2D eigenvalue weighted by molar-refractivity contribution is 5.81. The molecule has 0 spiro atoms. The summed E-state index contributed by atoms with van der Waals surface area (Å²) in [6.45, 7) is 4.06. The van der Waals surface area contributed by atoms with Crippen LogP contribution in [0.5, 0.6) is 0 Å².